The first-order valence-electron chi connectivity index (χ1n) is 10.0. The van der Waals surface area contributed by atoms with Crippen LogP contribution in [-0.4, -0.2) is 51.9 Å². The van der Waals surface area contributed by atoms with Crippen LogP contribution in [0.2, 0.25) is 0 Å². The van der Waals surface area contributed by atoms with Crippen molar-refractivity contribution < 1.29 is 19.5 Å². The number of carbonyl (C=O) groups excluding carboxylic acids is 3. The molecule has 8 nitrogen and oxygen atoms in total. The molecule has 0 saturated carbocycles. The van der Waals surface area contributed by atoms with Gasteiger partial charge in [0.1, 0.15) is 11.8 Å². The molecule has 2 rings (SSSR count). The second-order valence-corrected chi connectivity index (χ2v) is 7.23. The van der Waals surface area contributed by atoms with Crippen LogP contribution in [0.3, 0.4) is 0 Å². The third kappa shape index (κ3) is 8.48. The van der Waals surface area contributed by atoms with E-state index in [-0.39, 0.29) is 36.4 Å². The zero-order valence-electron chi connectivity index (χ0n) is 17.1. The summed E-state index contributed by atoms with van der Waals surface area (Å²) in [5, 5.41) is 15.3. The minimum Gasteiger partial charge on any atom is -0.385 e. The van der Waals surface area contributed by atoms with Crippen molar-refractivity contribution in [1.82, 2.24) is 20.6 Å². The van der Waals surface area contributed by atoms with Gasteiger partial charge in [0.2, 0.25) is 5.91 Å². The number of ketones is 1. The van der Waals surface area contributed by atoms with Crippen molar-refractivity contribution in [3.05, 3.63) is 60.2 Å². The van der Waals surface area contributed by atoms with Gasteiger partial charge in [0, 0.05) is 25.4 Å². The van der Waals surface area contributed by atoms with E-state index in [2.05, 4.69) is 20.6 Å². The van der Waals surface area contributed by atoms with Crippen molar-refractivity contribution in [2.45, 2.75) is 38.7 Å². The number of rotatable bonds is 12. The molecular weight excluding hydrogens is 384 g/mol. The van der Waals surface area contributed by atoms with Gasteiger partial charge in [-0.05, 0) is 30.7 Å². The zero-order chi connectivity index (χ0) is 21.8. The lowest BCUT2D eigenvalue weighted by Gasteiger charge is -2.13. The minimum absolute atomic E-state index is 0.0727. The highest BCUT2D eigenvalue weighted by atomic mass is 16.3. The summed E-state index contributed by atoms with van der Waals surface area (Å²) in [6.07, 6.45) is 4.93. The third-order valence-corrected chi connectivity index (χ3v) is 4.65. The Bertz CT molecular complexity index is 814. The van der Waals surface area contributed by atoms with E-state index in [1.807, 2.05) is 37.3 Å². The number of aliphatic hydroxyl groups excluding tert-OH is 1. The van der Waals surface area contributed by atoms with Crippen molar-refractivity contribution in [3.8, 4) is 0 Å². The summed E-state index contributed by atoms with van der Waals surface area (Å²) in [7, 11) is 0. The Kier molecular flexibility index (Phi) is 9.60. The van der Waals surface area contributed by atoms with Crippen molar-refractivity contribution in [2.24, 2.45) is 5.92 Å². The van der Waals surface area contributed by atoms with E-state index in [0.29, 0.717) is 25.8 Å². The molecule has 2 atom stereocenters. The van der Waals surface area contributed by atoms with Gasteiger partial charge in [0.25, 0.3) is 5.91 Å². The quantitative estimate of drug-likeness (QED) is 0.483. The lowest BCUT2D eigenvalue weighted by molar-refractivity contribution is -0.129. The van der Waals surface area contributed by atoms with Gasteiger partial charge in [-0.3, -0.25) is 19.4 Å². The highest BCUT2D eigenvalue weighted by Gasteiger charge is 2.16. The molecule has 0 aliphatic heterocycles. The predicted octanol–water partition coefficient (Wildman–Crippen LogP) is 1.30. The van der Waals surface area contributed by atoms with E-state index in [4.69, 9.17) is 0 Å². The molecule has 0 aliphatic rings. The Balaban J connectivity index is 1.59. The van der Waals surface area contributed by atoms with Gasteiger partial charge in [-0.2, -0.15) is 0 Å². The lowest BCUT2D eigenvalue weighted by atomic mass is 10.0. The molecule has 0 spiro atoms. The first kappa shape index (κ1) is 23.2. The fraction of sp³-hybridized carbons (Fsp3) is 0.409. The molecule has 3 N–H and O–H groups in total. The van der Waals surface area contributed by atoms with E-state index in [9.17, 15) is 19.5 Å². The maximum Gasteiger partial charge on any atom is 0.271 e. The molecule has 30 heavy (non-hydrogen) atoms. The van der Waals surface area contributed by atoms with Crippen LogP contribution in [0.1, 0.15) is 42.2 Å². The maximum atomic E-state index is 12.0. The van der Waals surface area contributed by atoms with E-state index in [1.54, 1.807) is 0 Å². The fourth-order valence-corrected chi connectivity index (χ4v) is 2.75. The Morgan fingerprint density at radius 2 is 1.83 bits per heavy atom. The van der Waals surface area contributed by atoms with E-state index in [1.165, 1.54) is 18.6 Å². The number of aromatic nitrogens is 2. The molecule has 2 aromatic rings. The Labute approximate surface area is 176 Å². The van der Waals surface area contributed by atoms with Crippen molar-refractivity contribution in [1.29, 1.82) is 0 Å². The van der Waals surface area contributed by atoms with Crippen molar-refractivity contribution in [2.75, 3.05) is 13.1 Å². The molecular formula is C22H28N4O4. The summed E-state index contributed by atoms with van der Waals surface area (Å²) >= 11 is 0. The van der Waals surface area contributed by atoms with Crippen LogP contribution in [0, 0.1) is 5.92 Å². The first-order valence-corrected chi connectivity index (χ1v) is 10.0. The van der Waals surface area contributed by atoms with E-state index < -0.39 is 11.9 Å². The smallest absolute Gasteiger partial charge is 0.271 e. The summed E-state index contributed by atoms with van der Waals surface area (Å²) in [4.78, 5) is 43.6. The molecule has 1 heterocycles. The van der Waals surface area contributed by atoms with Gasteiger partial charge in [-0.15, -0.1) is 0 Å². The summed E-state index contributed by atoms with van der Waals surface area (Å²) in [6, 6.07) is 9.61. The number of hydrogen-bond donors (Lipinski definition) is 3. The van der Waals surface area contributed by atoms with Crippen molar-refractivity contribution >= 4 is 17.6 Å². The highest BCUT2D eigenvalue weighted by Crippen LogP contribution is 2.06. The van der Waals surface area contributed by atoms with Crippen LogP contribution in [0.15, 0.2) is 48.9 Å². The standard InChI is InChI=1S/C22H28N4O4/c1-16(13-26-22(30)18-14-23-11-12-24-18)7-10-21(29)25-15-20(28)19(27)9-8-17-5-3-2-4-6-17/h2-6,11-12,14,16,19,27H,7-10,13,15H2,1H3,(H,25,29)(H,26,30). The summed E-state index contributed by atoms with van der Waals surface area (Å²) < 4.78 is 0. The normalized spacial score (nSPS) is 12.6. The van der Waals surface area contributed by atoms with Gasteiger partial charge < -0.3 is 15.7 Å². The van der Waals surface area contributed by atoms with Crippen LogP contribution in [-0.2, 0) is 16.0 Å². The van der Waals surface area contributed by atoms with Gasteiger partial charge in [-0.25, -0.2) is 4.98 Å². The monoisotopic (exact) mass is 412 g/mol. The molecule has 0 radical (unpaired) electrons. The number of Topliss-reactive ketones (excluding diaryl/α,β-unsaturated/α-hetero) is 1. The molecule has 2 amide bonds. The topological polar surface area (TPSA) is 121 Å². The van der Waals surface area contributed by atoms with Gasteiger partial charge in [0.05, 0.1) is 12.7 Å². The summed E-state index contributed by atoms with van der Waals surface area (Å²) in [5.74, 6) is -0.896. The number of carbonyl (C=O) groups is 3. The molecule has 0 saturated heterocycles. The fourth-order valence-electron chi connectivity index (χ4n) is 2.75. The summed E-state index contributed by atoms with van der Waals surface area (Å²) in [6.45, 7) is 2.13. The third-order valence-electron chi connectivity index (χ3n) is 4.65. The van der Waals surface area contributed by atoms with Crippen LogP contribution >= 0.6 is 0 Å². The molecule has 0 fully saturated rings. The number of aryl methyl sites for hydroxylation is 1. The van der Waals surface area contributed by atoms with Gasteiger partial charge in [0.15, 0.2) is 5.78 Å². The second-order valence-electron chi connectivity index (χ2n) is 7.23. The van der Waals surface area contributed by atoms with Crippen LogP contribution in [0.25, 0.3) is 0 Å². The number of hydrogen-bond acceptors (Lipinski definition) is 6. The molecule has 2 unspecified atom stereocenters. The number of nitrogens with one attached hydrogen (secondary N) is 2. The SMILES string of the molecule is CC(CCC(=O)NCC(=O)C(O)CCc1ccccc1)CNC(=O)c1cnccn1. The maximum absolute atomic E-state index is 12.0. The van der Waals surface area contributed by atoms with Crippen LogP contribution in [0.5, 0.6) is 0 Å². The second kappa shape index (κ2) is 12.4. The molecule has 0 bridgehead atoms. The lowest BCUT2D eigenvalue weighted by Crippen LogP contribution is -2.36. The number of nitrogens with zero attached hydrogens (tertiary/aromatic N) is 2. The number of aliphatic hydroxyl groups is 1. The predicted molar refractivity (Wildman–Crippen MR) is 112 cm³/mol. The van der Waals surface area contributed by atoms with Crippen LogP contribution < -0.4 is 10.6 Å². The van der Waals surface area contributed by atoms with Gasteiger partial charge in [-0.1, -0.05) is 37.3 Å². The largest absolute Gasteiger partial charge is 0.385 e. The minimum atomic E-state index is -1.10. The first-order chi connectivity index (χ1) is 14.5. The molecule has 160 valence electrons. The van der Waals surface area contributed by atoms with E-state index >= 15 is 0 Å². The van der Waals surface area contributed by atoms with E-state index in [0.717, 1.165) is 5.56 Å². The number of benzene rings is 1. The Morgan fingerprint density at radius 3 is 2.53 bits per heavy atom. The molecule has 1 aromatic heterocycles. The highest BCUT2D eigenvalue weighted by molar-refractivity contribution is 5.91. The molecule has 8 heteroatoms. The van der Waals surface area contributed by atoms with Gasteiger partial charge >= 0.3 is 0 Å². The summed E-state index contributed by atoms with van der Waals surface area (Å²) in [5.41, 5.74) is 1.29. The Morgan fingerprint density at radius 1 is 1.07 bits per heavy atom. The average Bonchev–Trinajstić information content (AvgIpc) is 2.79. The Hall–Kier alpha value is -3.13. The zero-order valence-corrected chi connectivity index (χ0v) is 17.1. The van der Waals surface area contributed by atoms with Crippen LogP contribution in [0.4, 0.5) is 0 Å². The molecule has 0 aliphatic carbocycles. The number of amides is 2. The molecule has 1 aromatic carbocycles. The van der Waals surface area contributed by atoms with Crippen molar-refractivity contribution in [3.63, 3.8) is 0 Å². The average molecular weight is 412 g/mol.